The second-order valence-corrected chi connectivity index (χ2v) is 5.22. The molecule has 2 unspecified atom stereocenters. The lowest BCUT2D eigenvalue weighted by Gasteiger charge is -2.08. The van der Waals surface area contributed by atoms with Gasteiger partial charge in [-0.15, -0.1) is 0 Å². The molecule has 1 fully saturated rings. The molecule has 0 bridgehead atoms. The van der Waals surface area contributed by atoms with E-state index in [1.807, 2.05) is 0 Å². The number of aromatic nitrogens is 3. The Labute approximate surface area is 123 Å². The van der Waals surface area contributed by atoms with Gasteiger partial charge in [0, 0.05) is 5.92 Å². The fourth-order valence-electron chi connectivity index (χ4n) is 2.42. The molecule has 1 saturated carbocycles. The first-order valence-electron chi connectivity index (χ1n) is 6.74. The SMILES string of the molecule is O=C(NCc1ncn[nH]1)C1CC1c1cccc(C(F)(F)F)c1. The number of nitrogens with one attached hydrogen (secondary N) is 2. The number of carbonyl (C=O) groups is 1. The predicted molar refractivity (Wildman–Crippen MR) is 70.5 cm³/mol. The lowest BCUT2D eigenvalue weighted by Crippen LogP contribution is -2.25. The maximum absolute atomic E-state index is 12.7. The summed E-state index contributed by atoms with van der Waals surface area (Å²) in [7, 11) is 0. The van der Waals surface area contributed by atoms with Crippen molar-refractivity contribution in [2.45, 2.75) is 25.1 Å². The van der Waals surface area contributed by atoms with E-state index in [4.69, 9.17) is 0 Å². The normalized spacial score (nSPS) is 20.7. The zero-order chi connectivity index (χ0) is 15.7. The second-order valence-electron chi connectivity index (χ2n) is 5.22. The molecule has 0 radical (unpaired) electrons. The Balaban J connectivity index is 1.61. The molecular formula is C14H13F3N4O. The van der Waals surface area contributed by atoms with Crippen LogP contribution in [-0.2, 0) is 17.5 Å². The van der Waals surface area contributed by atoms with Crippen molar-refractivity contribution >= 4 is 5.91 Å². The Morgan fingerprint density at radius 2 is 2.23 bits per heavy atom. The first kappa shape index (κ1) is 14.6. The highest BCUT2D eigenvalue weighted by molar-refractivity contribution is 5.82. The molecule has 2 aromatic rings. The van der Waals surface area contributed by atoms with Crippen LogP contribution in [0.1, 0.15) is 29.3 Å². The largest absolute Gasteiger partial charge is 0.416 e. The maximum Gasteiger partial charge on any atom is 0.416 e. The van der Waals surface area contributed by atoms with E-state index >= 15 is 0 Å². The highest BCUT2D eigenvalue weighted by Crippen LogP contribution is 2.48. The number of benzene rings is 1. The van der Waals surface area contributed by atoms with Gasteiger partial charge in [-0.25, -0.2) is 4.98 Å². The van der Waals surface area contributed by atoms with Crippen molar-refractivity contribution in [1.29, 1.82) is 0 Å². The number of amides is 1. The standard InChI is InChI=1S/C14H13F3N4O/c15-14(16,17)9-3-1-2-8(4-9)10-5-11(10)13(22)18-6-12-19-7-20-21-12/h1-4,7,10-11H,5-6H2,(H,18,22)(H,19,20,21). The number of carbonyl (C=O) groups excluding carboxylic acids is 1. The summed E-state index contributed by atoms with van der Waals surface area (Å²) in [6, 6.07) is 5.16. The maximum atomic E-state index is 12.7. The smallest absolute Gasteiger partial charge is 0.349 e. The van der Waals surface area contributed by atoms with E-state index in [0.717, 1.165) is 12.1 Å². The van der Waals surface area contributed by atoms with Gasteiger partial charge in [-0.3, -0.25) is 9.89 Å². The summed E-state index contributed by atoms with van der Waals surface area (Å²) in [5.41, 5.74) is -0.132. The van der Waals surface area contributed by atoms with Crippen LogP contribution in [0.25, 0.3) is 0 Å². The third-order valence-electron chi connectivity index (χ3n) is 3.66. The number of halogens is 3. The summed E-state index contributed by atoms with van der Waals surface area (Å²) in [5.74, 6) is -0.0909. The van der Waals surface area contributed by atoms with E-state index in [0.29, 0.717) is 17.8 Å². The first-order valence-corrected chi connectivity index (χ1v) is 6.74. The Morgan fingerprint density at radius 1 is 1.41 bits per heavy atom. The molecule has 1 aliphatic carbocycles. The molecule has 1 aromatic carbocycles. The molecule has 5 nitrogen and oxygen atoms in total. The van der Waals surface area contributed by atoms with Crippen LogP contribution in [0.4, 0.5) is 13.2 Å². The summed E-state index contributed by atoms with van der Waals surface area (Å²) in [6.07, 6.45) is -2.47. The van der Waals surface area contributed by atoms with E-state index in [-0.39, 0.29) is 24.3 Å². The topological polar surface area (TPSA) is 70.7 Å². The van der Waals surface area contributed by atoms with Gasteiger partial charge in [-0.2, -0.15) is 18.3 Å². The zero-order valence-electron chi connectivity index (χ0n) is 11.4. The number of nitrogens with zero attached hydrogens (tertiary/aromatic N) is 2. The molecule has 3 rings (SSSR count). The van der Waals surface area contributed by atoms with E-state index in [9.17, 15) is 18.0 Å². The highest BCUT2D eigenvalue weighted by atomic mass is 19.4. The summed E-state index contributed by atoms with van der Waals surface area (Å²) < 4.78 is 38.1. The van der Waals surface area contributed by atoms with Gasteiger partial charge in [0.05, 0.1) is 12.1 Å². The average molecular weight is 310 g/mol. The number of H-pyrrole nitrogens is 1. The van der Waals surface area contributed by atoms with Crippen molar-refractivity contribution in [3.8, 4) is 0 Å². The third kappa shape index (κ3) is 3.10. The minimum atomic E-state index is -4.37. The molecule has 22 heavy (non-hydrogen) atoms. The van der Waals surface area contributed by atoms with E-state index in [1.54, 1.807) is 6.07 Å². The van der Waals surface area contributed by atoms with Crippen LogP contribution >= 0.6 is 0 Å². The van der Waals surface area contributed by atoms with Crippen LogP contribution in [0, 0.1) is 5.92 Å². The Kier molecular flexibility index (Phi) is 3.59. The van der Waals surface area contributed by atoms with Gasteiger partial charge in [0.2, 0.25) is 5.91 Å². The Hall–Kier alpha value is -2.38. The van der Waals surface area contributed by atoms with Gasteiger partial charge in [-0.05, 0) is 24.0 Å². The van der Waals surface area contributed by atoms with Gasteiger partial charge in [0.1, 0.15) is 12.2 Å². The van der Waals surface area contributed by atoms with Crippen LogP contribution < -0.4 is 5.32 Å². The molecule has 0 saturated heterocycles. The molecule has 1 aromatic heterocycles. The molecule has 1 amide bonds. The second kappa shape index (κ2) is 5.43. The van der Waals surface area contributed by atoms with Crippen molar-refractivity contribution in [3.05, 3.63) is 47.5 Å². The summed E-state index contributed by atoms with van der Waals surface area (Å²) >= 11 is 0. The van der Waals surface area contributed by atoms with E-state index in [1.165, 1.54) is 12.4 Å². The number of hydrogen-bond donors (Lipinski definition) is 2. The van der Waals surface area contributed by atoms with Crippen molar-refractivity contribution in [1.82, 2.24) is 20.5 Å². The van der Waals surface area contributed by atoms with Crippen molar-refractivity contribution < 1.29 is 18.0 Å². The number of hydrogen-bond acceptors (Lipinski definition) is 3. The summed E-state index contributed by atoms with van der Waals surface area (Å²) in [5, 5.41) is 8.98. The van der Waals surface area contributed by atoms with Crippen LogP contribution in [0.15, 0.2) is 30.6 Å². The lowest BCUT2D eigenvalue weighted by molar-refractivity contribution is -0.137. The molecule has 0 aliphatic heterocycles. The van der Waals surface area contributed by atoms with Crippen molar-refractivity contribution in [2.75, 3.05) is 0 Å². The lowest BCUT2D eigenvalue weighted by atomic mass is 10.1. The van der Waals surface area contributed by atoms with E-state index < -0.39 is 11.7 Å². The van der Waals surface area contributed by atoms with E-state index in [2.05, 4.69) is 20.5 Å². The molecule has 2 atom stereocenters. The Bertz CT molecular complexity index is 669. The number of alkyl halides is 3. The van der Waals surface area contributed by atoms with Crippen molar-refractivity contribution in [2.24, 2.45) is 5.92 Å². The molecule has 8 heteroatoms. The fourth-order valence-corrected chi connectivity index (χ4v) is 2.42. The van der Waals surface area contributed by atoms with Crippen LogP contribution in [0.5, 0.6) is 0 Å². The van der Waals surface area contributed by atoms with Gasteiger partial charge >= 0.3 is 6.18 Å². The predicted octanol–water partition coefficient (Wildman–Crippen LogP) is 2.24. The molecule has 0 spiro atoms. The Morgan fingerprint density at radius 3 is 2.91 bits per heavy atom. The molecule has 1 heterocycles. The van der Waals surface area contributed by atoms with Gasteiger partial charge in [-0.1, -0.05) is 18.2 Å². The molecule has 1 aliphatic rings. The highest BCUT2D eigenvalue weighted by Gasteiger charge is 2.44. The van der Waals surface area contributed by atoms with Crippen LogP contribution in [0.3, 0.4) is 0 Å². The van der Waals surface area contributed by atoms with Gasteiger partial charge in [0.15, 0.2) is 0 Å². The molecular weight excluding hydrogens is 297 g/mol. The quantitative estimate of drug-likeness (QED) is 0.910. The molecule has 2 N–H and O–H groups in total. The zero-order valence-corrected chi connectivity index (χ0v) is 11.4. The van der Waals surface area contributed by atoms with Crippen LogP contribution in [-0.4, -0.2) is 21.1 Å². The summed E-state index contributed by atoms with van der Waals surface area (Å²) in [6.45, 7) is 0.227. The van der Waals surface area contributed by atoms with Crippen LogP contribution in [0.2, 0.25) is 0 Å². The average Bonchev–Trinajstić information content (AvgIpc) is 3.12. The van der Waals surface area contributed by atoms with Crippen molar-refractivity contribution in [3.63, 3.8) is 0 Å². The minimum Gasteiger partial charge on any atom is -0.349 e. The minimum absolute atomic E-state index is 0.156. The number of rotatable bonds is 4. The third-order valence-corrected chi connectivity index (χ3v) is 3.66. The number of aromatic amines is 1. The fraction of sp³-hybridized carbons (Fsp3) is 0.357. The summed E-state index contributed by atoms with van der Waals surface area (Å²) in [4.78, 5) is 15.8. The van der Waals surface area contributed by atoms with Gasteiger partial charge < -0.3 is 5.32 Å². The monoisotopic (exact) mass is 310 g/mol. The van der Waals surface area contributed by atoms with Gasteiger partial charge in [0.25, 0.3) is 0 Å². The first-order chi connectivity index (χ1) is 10.4. The molecule has 116 valence electrons.